The zero-order chi connectivity index (χ0) is 22.3. The van der Waals surface area contributed by atoms with Gasteiger partial charge in [0, 0.05) is 20.0 Å². The molecule has 1 saturated heterocycles. The van der Waals surface area contributed by atoms with Crippen LogP contribution in [0.4, 0.5) is 29.4 Å². The van der Waals surface area contributed by atoms with Crippen LogP contribution < -0.4 is 15.0 Å². The van der Waals surface area contributed by atoms with Gasteiger partial charge in [0.25, 0.3) is 5.91 Å². The van der Waals surface area contributed by atoms with Crippen LogP contribution in [0.5, 0.6) is 5.75 Å². The van der Waals surface area contributed by atoms with Gasteiger partial charge in [-0.1, -0.05) is 5.10 Å². The highest BCUT2D eigenvalue weighted by Crippen LogP contribution is 2.34. The lowest BCUT2D eigenvalue weighted by Gasteiger charge is -2.40. The summed E-state index contributed by atoms with van der Waals surface area (Å²) in [6.45, 7) is 2.10. The predicted octanol–water partition coefficient (Wildman–Crippen LogP) is 2.79. The molecular formula is C18H16F4N6O3. The summed E-state index contributed by atoms with van der Waals surface area (Å²) < 4.78 is 64.2. The molecule has 0 spiro atoms. The topological polar surface area (TPSA) is 98.3 Å². The van der Waals surface area contributed by atoms with E-state index in [1.54, 1.807) is 18.9 Å². The number of rotatable bonds is 5. The van der Waals surface area contributed by atoms with Crippen molar-refractivity contribution in [2.24, 2.45) is 7.05 Å². The van der Waals surface area contributed by atoms with E-state index in [0.29, 0.717) is 11.9 Å². The molecule has 2 aromatic heterocycles. The molecule has 0 bridgehead atoms. The maximum atomic E-state index is 13.5. The first-order valence-corrected chi connectivity index (χ1v) is 9.03. The highest BCUT2D eigenvalue weighted by molar-refractivity contribution is 6.06. The van der Waals surface area contributed by atoms with Gasteiger partial charge < -0.3 is 14.1 Å². The second-order valence-corrected chi connectivity index (χ2v) is 6.90. The van der Waals surface area contributed by atoms with E-state index in [1.165, 1.54) is 10.9 Å². The van der Waals surface area contributed by atoms with E-state index in [1.807, 2.05) is 0 Å². The number of hydrogen-bond acceptors (Lipinski definition) is 7. The maximum Gasteiger partial charge on any atom is 0.416 e. The molecule has 3 heterocycles. The summed E-state index contributed by atoms with van der Waals surface area (Å²) in [4.78, 5) is 14.3. The van der Waals surface area contributed by atoms with Crippen LogP contribution in [0, 0.1) is 12.7 Å². The summed E-state index contributed by atoms with van der Waals surface area (Å²) in [6.07, 6.45) is -3.81. The van der Waals surface area contributed by atoms with Gasteiger partial charge >= 0.3 is 12.2 Å². The minimum Gasteiger partial charge on any atom is -0.487 e. The Bertz CT molecular complexity index is 1120. The van der Waals surface area contributed by atoms with Crippen molar-refractivity contribution in [3.63, 3.8) is 0 Å². The summed E-state index contributed by atoms with van der Waals surface area (Å²) >= 11 is 0. The number of anilines is 2. The monoisotopic (exact) mass is 440 g/mol. The fraction of sp³-hybridized carbons (Fsp3) is 0.333. The summed E-state index contributed by atoms with van der Waals surface area (Å²) in [5.74, 6) is -1.01. The largest absolute Gasteiger partial charge is 0.487 e. The average Bonchev–Trinajstić information content (AvgIpc) is 3.22. The highest BCUT2D eigenvalue weighted by atomic mass is 19.4. The normalized spacial score (nSPS) is 14.5. The smallest absolute Gasteiger partial charge is 0.416 e. The molecule has 1 N–H and O–H groups in total. The van der Waals surface area contributed by atoms with Crippen molar-refractivity contribution in [3.05, 3.63) is 47.2 Å². The summed E-state index contributed by atoms with van der Waals surface area (Å²) in [7, 11) is 1.64. The second kappa shape index (κ2) is 7.56. The lowest BCUT2D eigenvalue weighted by atomic mass is 10.1. The number of nitrogens with one attached hydrogen (secondary N) is 1. The third-order valence-electron chi connectivity index (χ3n) is 4.55. The fourth-order valence-electron chi connectivity index (χ4n) is 3.15. The van der Waals surface area contributed by atoms with Gasteiger partial charge in [0.15, 0.2) is 0 Å². The highest BCUT2D eigenvalue weighted by Gasteiger charge is 2.35. The maximum absolute atomic E-state index is 13.5. The summed E-state index contributed by atoms with van der Waals surface area (Å²) in [6, 6.07) is 1.99. The standard InChI is InChI=1S/C18H16F4N6O3/c1-9-25-26-17(30-9)24-15(29)14-6-23-27(2)16(14)28-7-13(8-28)31-12-4-10(18(20,21)22)3-11(19)5-12/h3-6,13H,7-8H2,1-2H3,(H,24,26,29). The van der Waals surface area contributed by atoms with Gasteiger partial charge in [0.05, 0.1) is 24.8 Å². The van der Waals surface area contributed by atoms with Crippen molar-refractivity contribution in [3.8, 4) is 5.75 Å². The van der Waals surface area contributed by atoms with Crippen molar-refractivity contribution >= 4 is 17.7 Å². The molecule has 1 fully saturated rings. The number of carbonyl (C=O) groups is 1. The predicted molar refractivity (Wildman–Crippen MR) is 98.2 cm³/mol. The van der Waals surface area contributed by atoms with Gasteiger partial charge in [-0.25, -0.2) is 4.39 Å². The van der Waals surface area contributed by atoms with Crippen LogP contribution in [0.3, 0.4) is 0 Å². The Morgan fingerprint density at radius 2 is 2.00 bits per heavy atom. The van der Waals surface area contributed by atoms with E-state index in [0.717, 1.165) is 12.1 Å². The number of carbonyl (C=O) groups excluding carboxylic acids is 1. The molecule has 0 radical (unpaired) electrons. The first-order chi connectivity index (χ1) is 14.6. The number of benzene rings is 1. The Balaban J connectivity index is 1.43. The zero-order valence-corrected chi connectivity index (χ0v) is 16.3. The molecule has 31 heavy (non-hydrogen) atoms. The number of aryl methyl sites for hydroxylation is 2. The number of aromatic nitrogens is 4. The van der Waals surface area contributed by atoms with Gasteiger partial charge in [-0.3, -0.25) is 14.8 Å². The first kappa shape index (κ1) is 20.6. The molecule has 0 unspecified atom stereocenters. The Hall–Kier alpha value is -3.64. The van der Waals surface area contributed by atoms with Crippen molar-refractivity contribution < 1.29 is 31.5 Å². The molecule has 13 heteroatoms. The number of amides is 1. The molecule has 0 saturated carbocycles. The van der Waals surface area contributed by atoms with E-state index in [4.69, 9.17) is 9.15 Å². The van der Waals surface area contributed by atoms with Crippen LogP contribution >= 0.6 is 0 Å². The van der Waals surface area contributed by atoms with Gasteiger partial charge in [0.2, 0.25) is 5.89 Å². The molecule has 0 aliphatic carbocycles. The molecule has 164 valence electrons. The fourth-order valence-corrected chi connectivity index (χ4v) is 3.15. The van der Waals surface area contributed by atoms with Crippen LogP contribution in [0.2, 0.25) is 0 Å². The number of halogens is 4. The molecule has 9 nitrogen and oxygen atoms in total. The van der Waals surface area contributed by atoms with E-state index in [2.05, 4.69) is 20.6 Å². The quantitative estimate of drug-likeness (QED) is 0.610. The minimum absolute atomic E-state index is 0.0614. The van der Waals surface area contributed by atoms with Crippen LogP contribution in [-0.4, -0.2) is 45.1 Å². The molecular weight excluding hydrogens is 424 g/mol. The number of alkyl halides is 3. The van der Waals surface area contributed by atoms with E-state index < -0.39 is 29.6 Å². The first-order valence-electron chi connectivity index (χ1n) is 9.03. The molecule has 1 aliphatic heterocycles. The minimum atomic E-state index is -4.68. The van der Waals surface area contributed by atoms with Crippen molar-refractivity contribution in [1.82, 2.24) is 20.0 Å². The molecule has 0 atom stereocenters. The Morgan fingerprint density at radius 3 is 2.65 bits per heavy atom. The van der Waals surface area contributed by atoms with Crippen LogP contribution in [-0.2, 0) is 13.2 Å². The van der Waals surface area contributed by atoms with E-state index in [-0.39, 0.29) is 36.3 Å². The molecule has 1 amide bonds. The van der Waals surface area contributed by atoms with Gasteiger partial charge in [-0.2, -0.15) is 18.3 Å². The molecule has 1 aromatic carbocycles. The van der Waals surface area contributed by atoms with Crippen LogP contribution in [0.15, 0.2) is 28.8 Å². The van der Waals surface area contributed by atoms with Crippen LogP contribution in [0.25, 0.3) is 0 Å². The molecule has 3 aromatic rings. The Labute approximate surface area is 172 Å². The van der Waals surface area contributed by atoms with Crippen LogP contribution in [0.1, 0.15) is 21.8 Å². The summed E-state index contributed by atoms with van der Waals surface area (Å²) in [5.41, 5.74) is -0.887. The number of hydrogen-bond donors (Lipinski definition) is 1. The van der Waals surface area contributed by atoms with Crippen molar-refractivity contribution in [2.45, 2.75) is 19.2 Å². The lowest BCUT2D eigenvalue weighted by molar-refractivity contribution is -0.137. The Kier molecular flexibility index (Phi) is 5.03. The van der Waals surface area contributed by atoms with E-state index in [9.17, 15) is 22.4 Å². The van der Waals surface area contributed by atoms with Crippen molar-refractivity contribution in [2.75, 3.05) is 23.3 Å². The third-order valence-corrected chi connectivity index (χ3v) is 4.55. The SMILES string of the molecule is Cc1nnc(NC(=O)c2cnn(C)c2N2CC(Oc3cc(F)cc(C(F)(F)F)c3)C2)o1. The number of nitrogens with zero attached hydrogens (tertiary/aromatic N) is 5. The van der Waals surface area contributed by atoms with Gasteiger partial charge in [0.1, 0.15) is 29.1 Å². The number of ether oxygens (including phenoxy) is 1. The van der Waals surface area contributed by atoms with Gasteiger partial charge in [-0.05, 0) is 12.1 Å². The third kappa shape index (κ3) is 4.29. The van der Waals surface area contributed by atoms with Crippen molar-refractivity contribution in [1.29, 1.82) is 0 Å². The zero-order valence-electron chi connectivity index (χ0n) is 16.3. The average molecular weight is 440 g/mol. The lowest BCUT2D eigenvalue weighted by Crippen LogP contribution is -2.55. The van der Waals surface area contributed by atoms with Gasteiger partial charge in [-0.15, -0.1) is 5.10 Å². The summed E-state index contributed by atoms with van der Waals surface area (Å²) in [5, 5.41) is 13.9. The molecule has 4 rings (SSSR count). The van der Waals surface area contributed by atoms with E-state index >= 15 is 0 Å². The Morgan fingerprint density at radius 1 is 1.26 bits per heavy atom. The molecule has 1 aliphatic rings. The second-order valence-electron chi connectivity index (χ2n) is 6.90.